The number of hydrogen-bond acceptors (Lipinski definition) is 2. The van der Waals surface area contributed by atoms with Gasteiger partial charge in [-0.15, -0.1) is 0 Å². The molecule has 0 aliphatic heterocycles. The van der Waals surface area contributed by atoms with E-state index in [4.69, 9.17) is 0 Å². The summed E-state index contributed by atoms with van der Waals surface area (Å²) in [6, 6.07) is 7.30. The van der Waals surface area contributed by atoms with E-state index in [1.54, 1.807) is 4.90 Å². The van der Waals surface area contributed by atoms with Crippen molar-refractivity contribution in [1.29, 1.82) is 0 Å². The van der Waals surface area contributed by atoms with Crippen LogP contribution in [0.15, 0.2) is 24.3 Å². The number of nitrogens with one attached hydrogen (secondary N) is 1. The molecule has 1 aliphatic carbocycles. The van der Waals surface area contributed by atoms with E-state index in [0.29, 0.717) is 19.4 Å². The molecular weight excluding hydrogens is 268 g/mol. The minimum absolute atomic E-state index is 0.340. The number of carboxylic acid groups (broad SMARTS) is 1. The topological polar surface area (TPSA) is 69.6 Å². The molecule has 2 amide bonds. The van der Waals surface area contributed by atoms with E-state index in [2.05, 4.69) is 5.32 Å². The van der Waals surface area contributed by atoms with E-state index in [0.717, 1.165) is 24.1 Å². The second-order valence-corrected chi connectivity index (χ2v) is 5.61. The maximum Gasteiger partial charge on any atom is 0.329 e. The Hall–Kier alpha value is -2.04. The van der Waals surface area contributed by atoms with Crippen molar-refractivity contribution in [3.05, 3.63) is 29.8 Å². The van der Waals surface area contributed by atoms with Gasteiger partial charge in [-0.3, -0.25) is 4.90 Å². The Kier molecular flexibility index (Phi) is 4.50. The van der Waals surface area contributed by atoms with Gasteiger partial charge in [0.05, 0.1) is 0 Å². The molecule has 0 bridgehead atoms. The largest absolute Gasteiger partial charge is 0.480 e. The zero-order chi connectivity index (χ0) is 15.5. The van der Waals surface area contributed by atoms with E-state index in [9.17, 15) is 14.7 Å². The fraction of sp³-hybridized carbons (Fsp3) is 0.500. The Morgan fingerprint density at radius 2 is 2.00 bits per heavy atom. The number of aryl methyl sites for hydroxylation is 1. The van der Waals surface area contributed by atoms with Crippen LogP contribution in [0.2, 0.25) is 0 Å². The second kappa shape index (κ2) is 6.16. The Morgan fingerprint density at radius 3 is 2.52 bits per heavy atom. The number of amides is 2. The average molecular weight is 290 g/mol. The molecule has 5 heteroatoms. The Bertz CT molecular complexity index is 536. The first-order chi connectivity index (χ1) is 9.98. The number of nitrogens with zero attached hydrogens (tertiary/aromatic N) is 1. The molecule has 0 atom stereocenters. The molecule has 1 aromatic rings. The average Bonchev–Trinajstić information content (AvgIpc) is 2.89. The van der Waals surface area contributed by atoms with Crippen molar-refractivity contribution < 1.29 is 14.7 Å². The highest BCUT2D eigenvalue weighted by Crippen LogP contribution is 2.30. The van der Waals surface area contributed by atoms with Crippen LogP contribution in [0.3, 0.4) is 0 Å². The third kappa shape index (κ3) is 3.17. The van der Waals surface area contributed by atoms with Gasteiger partial charge in [-0.1, -0.05) is 25.0 Å². The Morgan fingerprint density at radius 1 is 1.33 bits per heavy atom. The molecule has 21 heavy (non-hydrogen) atoms. The molecule has 0 spiro atoms. The third-order valence-corrected chi connectivity index (χ3v) is 4.09. The number of aliphatic carboxylic acids is 1. The number of benzene rings is 1. The molecular formula is C16H22N2O3. The van der Waals surface area contributed by atoms with Gasteiger partial charge in [0, 0.05) is 12.2 Å². The first kappa shape index (κ1) is 15.4. The normalized spacial score (nSPS) is 16.5. The van der Waals surface area contributed by atoms with Crippen molar-refractivity contribution >= 4 is 17.7 Å². The van der Waals surface area contributed by atoms with Gasteiger partial charge in [0.15, 0.2) is 0 Å². The minimum atomic E-state index is -1.10. The fourth-order valence-electron chi connectivity index (χ4n) is 2.88. The Balaban J connectivity index is 2.19. The number of anilines is 1. The quantitative estimate of drug-likeness (QED) is 0.895. The molecule has 0 radical (unpaired) electrons. The lowest BCUT2D eigenvalue weighted by Crippen LogP contribution is -2.56. The summed E-state index contributed by atoms with van der Waals surface area (Å²) < 4.78 is 0. The smallest absolute Gasteiger partial charge is 0.329 e. The van der Waals surface area contributed by atoms with Crippen LogP contribution in [0.5, 0.6) is 0 Å². The first-order valence-electron chi connectivity index (χ1n) is 7.38. The molecule has 114 valence electrons. The molecule has 0 saturated heterocycles. The lowest BCUT2D eigenvalue weighted by molar-refractivity contribution is -0.144. The number of carboxylic acids is 1. The van der Waals surface area contributed by atoms with Crippen LogP contribution < -0.4 is 10.2 Å². The van der Waals surface area contributed by atoms with E-state index >= 15 is 0 Å². The van der Waals surface area contributed by atoms with Crippen LogP contribution in [0.1, 0.15) is 38.2 Å². The molecule has 1 fully saturated rings. The lowest BCUT2D eigenvalue weighted by Gasteiger charge is -2.30. The van der Waals surface area contributed by atoms with Crippen molar-refractivity contribution in [2.45, 2.75) is 45.1 Å². The Labute approximate surface area is 125 Å². The molecule has 2 rings (SSSR count). The number of carbonyl (C=O) groups is 2. The van der Waals surface area contributed by atoms with E-state index in [1.807, 2.05) is 38.1 Å². The fourth-order valence-corrected chi connectivity index (χ4v) is 2.88. The summed E-state index contributed by atoms with van der Waals surface area (Å²) in [5.41, 5.74) is 0.745. The number of rotatable bonds is 4. The van der Waals surface area contributed by atoms with Crippen molar-refractivity contribution in [2.24, 2.45) is 0 Å². The van der Waals surface area contributed by atoms with Crippen LogP contribution in [0.4, 0.5) is 10.5 Å². The molecule has 0 unspecified atom stereocenters. The number of hydrogen-bond donors (Lipinski definition) is 2. The van der Waals surface area contributed by atoms with Gasteiger partial charge in [-0.2, -0.15) is 0 Å². The predicted molar refractivity (Wildman–Crippen MR) is 81.6 cm³/mol. The van der Waals surface area contributed by atoms with Gasteiger partial charge >= 0.3 is 12.0 Å². The van der Waals surface area contributed by atoms with Crippen molar-refractivity contribution in [1.82, 2.24) is 5.32 Å². The van der Waals surface area contributed by atoms with Crippen molar-refractivity contribution in [3.8, 4) is 0 Å². The van der Waals surface area contributed by atoms with Gasteiger partial charge in [0.25, 0.3) is 0 Å². The summed E-state index contributed by atoms with van der Waals surface area (Å²) in [6.07, 6.45) is 2.67. The summed E-state index contributed by atoms with van der Waals surface area (Å²) >= 11 is 0. The van der Waals surface area contributed by atoms with E-state index < -0.39 is 11.5 Å². The maximum atomic E-state index is 12.5. The van der Waals surface area contributed by atoms with E-state index in [1.165, 1.54) is 0 Å². The number of urea groups is 1. The second-order valence-electron chi connectivity index (χ2n) is 5.61. The van der Waals surface area contributed by atoms with E-state index in [-0.39, 0.29) is 6.03 Å². The summed E-state index contributed by atoms with van der Waals surface area (Å²) in [4.78, 5) is 25.6. The summed E-state index contributed by atoms with van der Waals surface area (Å²) in [7, 11) is 0. The van der Waals surface area contributed by atoms with Gasteiger partial charge in [0.2, 0.25) is 0 Å². The van der Waals surface area contributed by atoms with Crippen molar-refractivity contribution in [3.63, 3.8) is 0 Å². The first-order valence-corrected chi connectivity index (χ1v) is 7.38. The molecule has 0 aromatic heterocycles. The maximum absolute atomic E-state index is 12.5. The monoisotopic (exact) mass is 290 g/mol. The van der Waals surface area contributed by atoms with Crippen LogP contribution in [0.25, 0.3) is 0 Å². The molecule has 2 N–H and O–H groups in total. The minimum Gasteiger partial charge on any atom is -0.480 e. The molecule has 0 heterocycles. The predicted octanol–water partition coefficient (Wildman–Crippen LogP) is 2.93. The zero-order valence-corrected chi connectivity index (χ0v) is 12.6. The lowest BCUT2D eigenvalue weighted by atomic mass is 9.98. The highest BCUT2D eigenvalue weighted by molar-refractivity contribution is 5.96. The zero-order valence-electron chi connectivity index (χ0n) is 12.6. The summed E-state index contributed by atoms with van der Waals surface area (Å²) in [5.74, 6) is -0.936. The molecule has 5 nitrogen and oxygen atoms in total. The SMILES string of the molecule is CCN(C(=O)NC1(C(=O)O)CCCC1)c1cccc(C)c1. The van der Waals surface area contributed by atoms with Crippen LogP contribution in [0, 0.1) is 6.92 Å². The van der Waals surface area contributed by atoms with Gasteiger partial charge in [-0.25, -0.2) is 9.59 Å². The van der Waals surface area contributed by atoms with Crippen LogP contribution in [-0.4, -0.2) is 29.2 Å². The summed E-state index contributed by atoms with van der Waals surface area (Å²) in [5, 5.41) is 12.2. The molecule has 1 saturated carbocycles. The molecule has 1 aromatic carbocycles. The van der Waals surface area contributed by atoms with Gasteiger partial charge in [0.1, 0.15) is 5.54 Å². The molecule has 1 aliphatic rings. The van der Waals surface area contributed by atoms with Gasteiger partial charge in [-0.05, 0) is 44.4 Å². The van der Waals surface area contributed by atoms with Crippen molar-refractivity contribution in [2.75, 3.05) is 11.4 Å². The van der Waals surface area contributed by atoms with Crippen LogP contribution >= 0.6 is 0 Å². The van der Waals surface area contributed by atoms with Gasteiger partial charge < -0.3 is 10.4 Å². The van der Waals surface area contributed by atoms with Crippen LogP contribution in [-0.2, 0) is 4.79 Å². The standard InChI is InChI=1S/C16H22N2O3/c1-3-18(13-8-6-7-12(2)11-13)15(21)17-16(14(19)20)9-4-5-10-16/h6-8,11H,3-5,9-10H2,1-2H3,(H,17,21)(H,19,20). The summed E-state index contributed by atoms with van der Waals surface area (Å²) in [6.45, 7) is 4.33. The highest BCUT2D eigenvalue weighted by Gasteiger charge is 2.43. The highest BCUT2D eigenvalue weighted by atomic mass is 16.4. The third-order valence-electron chi connectivity index (χ3n) is 4.09. The number of carbonyl (C=O) groups excluding carboxylic acids is 1.